The van der Waals surface area contributed by atoms with Crippen LogP contribution in [0.1, 0.15) is 31.9 Å². The molecule has 16 heavy (non-hydrogen) atoms. The minimum absolute atomic E-state index is 0.145. The maximum absolute atomic E-state index is 11.7. The normalized spacial score (nSPS) is 12.4. The first-order chi connectivity index (χ1) is 7.67. The summed E-state index contributed by atoms with van der Waals surface area (Å²) in [6.45, 7) is 6.42. The van der Waals surface area contributed by atoms with Crippen LogP contribution < -0.4 is 0 Å². The van der Waals surface area contributed by atoms with Gasteiger partial charge in [-0.25, -0.2) is 0 Å². The van der Waals surface area contributed by atoms with Crippen LogP contribution in [0.5, 0.6) is 0 Å². The molecule has 1 atom stereocenters. The number of Topliss-reactive ketones (excluding diaryl/α,β-unsaturated/α-hetero) is 1. The van der Waals surface area contributed by atoms with Gasteiger partial charge in [0.15, 0.2) is 5.78 Å². The standard InChI is InChI=1S/C14H20O2/c1-4-12-6-8-13(9-7-12)10-14(15)11(3)16-5-2/h6-9,11H,4-5,10H2,1-3H3. The van der Waals surface area contributed by atoms with Crippen molar-refractivity contribution < 1.29 is 9.53 Å². The van der Waals surface area contributed by atoms with Gasteiger partial charge in [-0.2, -0.15) is 0 Å². The summed E-state index contributed by atoms with van der Waals surface area (Å²) in [5.41, 5.74) is 2.36. The van der Waals surface area contributed by atoms with Crippen LogP contribution in [0.4, 0.5) is 0 Å². The average molecular weight is 220 g/mol. The third-order valence-corrected chi connectivity index (χ3v) is 2.68. The predicted molar refractivity (Wildman–Crippen MR) is 65.6 cm³/mol. The zero-order valence-electron chi connectivity index (χ0n) is 10.3. The molecule has 0 saturated carbocycles. The van der Waals surface area contributed by atoms with Gasteiger partial charge >= 0.3 is 0 Å². The van der Waals surface area contributed by atoms with Crippen LogP contribution in [-0.4, -0.2) is 18.5 Å². The summed E-state index contributed by atoms with van der Waals surface area (Å²) in [7, 11) is 0. The summed E-state index contributed by atoms with van der Waals surface area (Å²) in [5, 5.41) is 0. The molecule has 0 aliphatic heterocycles. The largest absolute Gasteiger partial charge is 0.371 e. The van der Waals surface area contributed by atoms with Crippen LogP contribution in [0.15, 0.2) is 24.3 Å². The Morgan fingerprint density at radius 2 is 1.75 bits per heavy atom. The van der Waals surface area contributed by atoms with Gasteiger partial charge in [0, 0.05) is 13.0 Å². The Bertz CT molecular complexity index is 327. The molecule has 0 aliphatic carbocycles. The van der Waals surface area contributed by atoms with Crippen molar-refractivity contribution >= 4 is 5.78 Å². The molecular weight excluding hydrogens is 200 g/mol. The second-order valence-corrected chi connectivity index (χ2v) is 3.91. The van der Waals surface area contributed by atoms with Gasteiger partial charge in [0.2, 0.25) is 0 Å². The number of carbonyl (C=O) groups is 1. The number of ketones is 1. The smallest absolute Gasteiger partial charge is 0.165 e. The van der Waals surface area contributed by atoms with Crippen molar-refractivity contribution in [2.45, 2.75) is 39.7 Å². The van der Waals surface area contributed by atoms with Crippen molar-refractivity contribution in [3.8, 4) is 0 Å². The van der Waals surface area contributed by atoms with Gasteiger partial charge in [0.25, 0.3) is 0 Å². The van der Waals surface area contributed by atoms with E-state index in [1.807, 2.05) is 26.0 Å². The van der Waals surface area contributed by atoms with E-state index in [4.69, 9.17) is 4.74 Å². The lowest BCUT2D eigenvalue weighted by Gasteiger charge is -2.10. The van der Waals surface area contributed by atoms with Crippen LogP contribution in [0.25, 0.3) is 0 Å². The molecule has 1 unspecified atom stereocenters. The zero-order chi connectivity index (χ0) is 12.0. The average Bonchev–Trinajstić information content (AvgIpc) is 2.30. The van der Waals surface area contributed by atoms with Crippen molar-refractivity contribution in [1.82, 2.24) is 0 Å². The maximum atomic E-state index is 11.7. The van der Waals surface area contributed by atoms with E-state index in [9.17, 15) is 4.79 Å². The molecule has 0 N–H and O–H groups in total. The number of rotatable bonds is 6. The molecule has 1 aromatic carbocycles. The minimum atomic E-state index is -0.296. The second-order valence-electron chi connectivity index (χ2n) is 3.91. The minimum Gasteiger partial charge on any atom is -0.371 e. The Hall–Kier alpha value is -1.15. The van der Waals surface area contributed by atoms with Crippen LogP contribution in [0.3, 0.4) is 0 Å². The predicted octanol–water partition coefficient (Wildman–Crippen LogP) is 2.79. The van der Waals surface area contributed by atoms with Crippen LogP contribution in [0.2, 0.25) is 0 Å². The highest BCUT2D eigenvalue weighted by atomic mass is 16.5. The number of hydrogen-bond donors (Lipinski definition) is 0. The monoisotopic (exact) mass is 220 g/mol. The van der Waals surface area contributed by atoms with Crippen LogP contribution >= 0.6 is 0 Å². The zero-order valence-corrected chi connectivity index (χ0v) is 10.3. The van der Waals surface area contributed by atoms with E-state index >= 15 is 0 Å². The molecule has 0 spiro atoms. The number of ether oxygens (including phenoxy) is 1. The van der Waals surface area contributed by atoms with E-state index in [0.29, 0.717) is 13.0 Å². The molecule has 1 aromatic rings. The van der Waals surface area contributed by atoms with E-state index in [0.717, 1.165) is 12.0 Å². The van der Waals surface area contributed by atoms with Crippen molar-refractivity contribution in [3.05, 3.63) is 35.4 Å². The highest BCUT2D eigenvalue weighted by Crippen LogP contribution is 2.08. The molecule has 1 rings (SSSR count). The highest BCUT2D eigenvalue weighted by molar-refractivity contribution is 5.84. The van der Waals surface area contributed by atoms with Crippen molar-refractivity contribution in [2.75, 3.05) is 6.61 Å². The third kappa shape index (κ3) is 3.78. The topological polar surface area (TPSA) is 26.3 Å². The first-order valence-electron chi connectivity index (χ1n) is 5.89. The Balaban J connectivity index is 2.55. The number of hydrogen-bond acceptors (Lipinski definition) is 2. The summed E-state index contributed by atoms with van der Waals surface area (Å²) < 4.78 is 5.27. The fourth-order valence-electron chi connectivity index (χ4n) is 1.58. The van der Waals surface area contributed by atoms with Gasteiger partial charge < -0.3 is 4.74 Å². The molecule has 0 aromatic heterocycles. The SMILES string of the molecule is CCOC(C)C(=O)Cc1ccc(CC)cc1. The lowest BCUT2D eigenvalue weighted by Crippen LogP contribution is -2.22. The second kappa shape index (κ2) is 6.44. The molecule has 0 radical (unpaired) electrons. The lowest BCUT2D eigenvalue weighted by atomic mass is 10.0. The quantitative estimate of drug-likeness (QED) is 0.737. The molecule has 0 heterocycles. The molecule has 0 fully saturated rings. The molecule has 0 saturated heterocycles. The highest BCUT2D eigenvalue weighted by Gasteiger charge is 2.12. The fourth-order valence-corrected chi connectivity index (χ4v) is 1.58. The van der Waals surface area contributed by atoms with E-state index in [-0.39, 0.29) is 11.9 Å². The van der Waals surface area contributed by atoms with E-state index in [1.54, 1.807) is 0 Å². The number of aryl methyl sites for hydroxylation is 1. The number of benzene rings is 1. The molecule has 0 bridgehead atoms. The third-order valence-electron chi connectivity index (χ3n) is 2.68. The van der Waals surface area contributed by atoms with Crippen LogP contribution in [0, 0.1) is 0 Å². The van der Waals surface area contributed by atoms with Gasteiger partial charge in [-0.05, 0) is 31.4 Å². The Morgan fingerprint density at radius 1 is 1.19 bits per heavy atom. The van der Waals surface area contributed by atoms with Gasteiger partial charge in [0.1, 0.15) is 6.10 Å². The summed E-state index contributed by atoms with van der Waals surface area (Å²) in [6, 6.07) is 8.20. The molecule has 2 heteroatoms. The molecule has 88 valence electrons. The molecule has 0 aliphatic rings. The van der Waals surface area contributed by atoms with E-state index in [1.165, 1.54) is 5.56 Å². The van der Waals surface area contributed by atoms with Gasteiger partial charge in [-0.15, -0.1) is 0 Å². The van der Waals surface area contributed by atoms with Crippen molar-refractivity contribution in [3.63, 3.8) is 0 Å². The van der Waals surface area contributed by atoms with Gasteiger partial charge in [-0.1, -0.05) is 31.2 Å². The first-order valence-corrected chi connectivity index (χ1v) is 5.89. The van der Waals surface area contributed by atoms with Crippen molar-refractivity contribution in [2.24, 2.45) is 0 Å². The Morgan fingerprint density at radius 3 is 2.25 bits per heavy atom. The Labute approximate surface area is 97.6 Å². The van der Waals surface area contributed by atoms with Gasteiger partial charge in [0.05, 0.1) is 0 Å². The van der Waals surface area contributed by atoms with Gasteiger partial charge in [-0.3, -0.25) is 4.79 Å². The van der Waals surface area contributed by atoms with E-state index < -0.39 is 0 Å². The van der Waals surface area contributed by atoms with E-state index in [2.05, 4.69) is 19.1 Å². The van der Waals surface area contributed by atoms with Crippen LogP contribution in [-0.2, 0) is 22.4 Å². The summed E-state index contributed by atoms with van der Waals surface area (Å²) >= 11 is 0. The van der Waals surface area contributed by atoms with Crippen molar-refractivity contribution in [1.29, 1.82) is 0 Å². The maximum Gasteiger partial charge on any atom is 0.165 e. The summed E-state index contributed by atoms with van der Waals surface area (Å²) in [4.78, 5) is 11.7. The Kier molecular flexibility index (Phi) is 5.20. The number of carbonyl (C=O) groups excluding carboxylic acids is 1. The lowest BCUT2D eigenvalue weighted by molar-refractivity contribution is -0.128. The molecule has 2 nitrogen and oxygen atoms in total. The molecule has 0 amide bonds. The molecular formula is C14H20O2. The summed E-state index contributed by atoms with van der Waals surface area (Å²) in [5.74, 6) is 0.145. The fraction of sp³-hybridized carbons (Fsp3) is 0.500. The first kappa shape index (κ1) is 12.9. The summed E-state index contributed by atoms with van der Waals surface area (Å²) in [6.07, 6.45) is 1.20.